The highest BCUT2D eigenvalue weighted by molar-refractivity contribution is 7.22. The van der Waals surface area contributed by atoms with Crippen molar-refractivity contribution in [2.45, 2.75) is 46.0 Å². The summed E-state index contributed by atoms with van der Waals surface area (Å²) in [6, 6.07) is 8.64. The molecule has 0 aliphatic heterocycles. The van der Waals surface area contributed by atoms with Crippen LogP contribution in [0, 0.1) is 10.8 Å². The summed E-state index contributed by atoms with van der Waals surface area (Å²) in [7, 11) is 0. The van der Waals surface area contributed by atoms with Gasteiger partial charge in [0.15, 0.2) is 0 Å². The van der Waals surface area contributed by atoms with Crippen molar-refractivity contribution in [1.82, 2.24) is 0 Å². The normalized spacial score (nSPS) is 13.2. The Morgan fingerprint density at radius 2 is 1.57 bits per heavy atom. The Morgan fingerprint density at radius 3 is 2.10 bits per heavy atom. The summed E-state index contributed by atoms with van der Waals surface area (Å²) in [4.78, 5) is 5.10. The van der Waals surface area contributed by atoms with Gasteiger partial charge in [-0.05, 0) is 36.6 Å². The third-order valence-electron chi connectivity index (χ3n) is 3.48. The first-order valence-corrected chi connectivity index (χ1v) is 8.68. The van der Waals surface area contributed by atoms with Gasteiger partial charge in [0.2, 0.25) is 0 Å². The maximum Gasteiger partial charge on any atom is 0.0598 e. The van der Waals surface area contributed by atoms with Crippen molar-refractivity contribution in [3.8, 4) is 9.75 Å². The molecular formula is C17H22N2S2. The Kier molecular flexibility index (Phi) is 4.49. The van der Waals surface area contributed by atoms with E-state index >= 15 is 0 Å². The summed E-state index contributed by atoms with van der Waals surface area (Å²) in [6.07, 6.45) is 0. The molecule has 0 aliphatic carbocycles. The molecule has 0 amide bonds. The molecule has 0 bridgehead atoms. The molecule has 2 heterocycles. The number of hydrogen-bond donors (Lipinski definition) is 2. The lowest BCUT2D eigenvalue weighted by Crippen LogP contribution is -2.14. The van der Waals surface area contributed by atoms with Crippen LogP contribution in [0.15, 0.2) is 24.3 Å². The predicted octanol–water partition coefficient (Wildman–Crippen LogP) is 5.94. The van der Waals surface area contributed by atoms with Crippen LogP contribution in [0.1, 0.15) is 50.3 Å². The molecule has 1 atom stereocenters. The van der Waals surface area contributed by atoms with E-state index < -0.39 is 0 Å². The van der Waals surface area contributed by atoms with Gasteiger partial charge < -0.3 is 10.8 Å². The standard InChI is InChI=1S/C17H22N2S2/c1-10(16(19)11(2)18)12-6-7-13(20-12)14-8-9-15(21-14)17(3,4)5/h6-10,18-19H,1-5H3. The van der Waals surface area contributed by atoms with E-state index in [0.29, 0.717) is 11.4 Å². The summed E-state index contributed by atoms with van der Waals surface area (Å²) in [5.41, 5.74) is 0.948. The quantitative estimate of drug-likeness (QED) is 0.656. The Labute approximate surface area is 134 Å². The van der Waals surface area contributed by atoms with Crippen LogP contribution in [0.5, 0.6) is 0 Å². The number of rotatable bonds is 4. The van der Waals surface area contributed by atoms with Crippen molar-refractivity contribution in [3.63, 3.8) is 0 Å². The van der Waals surface area contributed by atoms with Gasteiger partial charge in [-0.15, -0.1) is 22.7 Å². The molecule has 4 heteroatoms. The van der Waals surface area contributed by atoms with E-state index in [2.05, 4.69) is 45.0 Å². The first-order valence-electron chi connectivity index (χ1n) is 7.04. The van der Waals surface area contributed by atoms with Crippen LogP contribution >= 0.6 is 22.7 Å². The van der Waals surface area contributed by atoms with E-state index in [-0.39, 0.29) is 11.3 Å². The average Bonchev–Trinajstić information content (AvgIpc) is 3.04. The number of thiophene rings is 2. The molecule has 21 heavy (non-hydrogen) atoms. The van der Waals surface area contributed by atoms with Gasteiger partial charge in [-0.2, -0.15) is 0 Å². The van der Waals surface area contributed by atoms with E-state index in [1.807, 2.05) is 18.3 Å². The lowest BCUT2D eigenvalue weighted by molar-refractivity contribution is 0.604. The van der Waals surface area contributed by atoms with Crippen LogP contribution < -0.4 is 0 Å². The Balaban J connectivity index is 2.26. The van der Waals surface area contributed by atoms with Crippen molar-refractivity contribution in [2.24, 2.45) is 0 Å². The van der Waals surface area contributed by atoms with Gasteiger partial charge in [-0.1, -0.05) is 27.7 Å². The second kappa shape index (κ2) is 5.85. The van der Waals surface area contributed by atoms with E-state index in [0.717, 1.165) is 4.88 Å². The van der Waals surface area contributed by atoms with E-state index in [1.54, 1.807) is 18.3 Å². The first-order chi connectivity index (χ1) is 9.70. The summed E-state index contributed by atoms with van der Waals surface area (Å²) >= 11 is 3.58. The fraction of sp³-hybridized carbons (Fsp3) is 0.412. The topological polar surface area (TPSA) is 47.7 Å². The van der Waals surface area contributed by atoms with Crippen molar-refractivity contribution in [1.29, 1.82) is 10.8 Å². The predicted molar refractivity (Wildman–Crippen MR) is 95.9 cm³/mol. The van der Waals surface area contributed by atoms with E-state index in [1.165, 1.54) is 14.6 Å². The molecular weight excluding hydrogens is 296 g/mol. The molecule has 2 aromatic heterocycles. The highest BCUT2D eigenvalue weighted by Crippen LogP contribution is 2.39. The SMILES string of the molecule is CC(=N)C(=N)C(C)c1ccc(-c2ccc(C(C)(C)C)s2)s1. The number of hydrogen-bond acceptors (Lipinski definition) is 4. The fourth-order valence-corrected chi connectivity index (χ4v) is 4.28. The summed E-state index contributed by atoms with van der Waals surface area (Å²) in [5.74, 6) is 0.00305. The highest BCUT2D eigenvalue weighted by Gasteiger charge is 2.19. The zero-order chi connectivity index (χ0) is 15.8. The molecule has 0 fully saturated rings. The molecule has 112 valence electrons. The Bertz CT molecular complexity index is 671. The minimum Gasteiger partial charge on any atom is -0.304 e. The van der Waals surface area contributed by atoms with Crippen LogP contribution in [-0.4, -0.2) is 11.4 Å². The molecule has 0 saturated heterocycles. The largest absolute Gasteiger partial charge is 0.304 e. The molecule has 0 radical (unpaired) electrons. The zero-order valence-electron chi connectivity index (χ0n) is 13.2. The second-order valence-corrected chi connectivity index (χ2v) is 8.58. The van der Waals surface area contributed by atoms with Crippen LogP contribution in [0.4, 0.5) is 0 Å². The van der Waals surface area contributed by atoms with Gasteiger partial charge in [-0.3, -0.25) is 0 Å². The third-order valence-corrected chi connectivity index (χ3v) is 6.45. The van der Waals surface area contributed by atoms with Gasteiger partial charge in [0.05, 0.1) is 5.71 Å². The maximum absolute atomic E-state index is 7.97. The summed E-state index contributed by atoms with van der Waals surface area (Å²) < 4.78 is 0. The molecule has 0 saturated carbocycles. The lowest BCUT2D eigenvalue weighted by Gasteiger charge is -2.15. The second-order valence-electron chi connectivity index (χ2n) is 6.38. The fourth-order valence-electron chi connectivity index (χ4n) is 2.06. The average molecular weight is 319 g/mol. The van der Waals surface area contributed by atoms with Crippen molar-refractivity contribution >= 4 is 34.1 Å². The summed E-state index contributed by atoms with van der Waals surface area (Å²) in [5, 5.41) is 15.6. The van der Waals surface area contributed by atoms with Crippen LogP contribution in [-0.2, 0) is 5.41 Å². The van der Waals surface area contributed by atoms with Crippen molar-refractivity contribution in [3.05, 3.63) is 34.0 Å². The molecule has 2 nitrogen and oxygen atoms in total. The molecule has 0 spiro atoms. The van der Waals surface area contributed by atoms with E-state index in [9.17, 15) is 0 Å². The molecule has 2 aromatic rings. The molecule has 1 unspecified atom stereocenters. The molecule has 0 aliphatic rings. The molecule has 0 aromatic carbocycles. The zero-order valence-corrected chi connectivity index (χ0v) is 14.8. The Morgan fingerprint density at radius 1 is 1.00 bits per heavy atom. The van der Waals surface area contributed by atoms with Gasteiger partial charge in [0.25, 0.3) is 0 Å². The highest BCUT2D eigenvalue weighted by atomic mass is 32.1. The van der Waals surface area contributed by atoms with Crippen molar-refractivity contribution in [2.75, 3.05) is 0 Å². The van der Waals surface area contributed by atoms with Gasteiger partial charge in [0.1, 0.15) is 0 Å². The van der Waals surface area contributed by atoms with Gasteiger partial charge in [-0.25, -0.2) is 0 Å². The van der Waals surface area contributed by atoms with Crippen molar-refractivity contribution < 1.29 is 0 Å². The monoisotopic (exact) mass is 318 g/mol. The Hall–Kier alpha value is -1.26. The third kappa shape index (κ3) is 3.50. The van der Waals surface area contributed by atoms with Crippen LogP contribution in [0.2, 0.25) is 0 Å². The molecule has 2 N–H and O–H groups in total. The van der Waals surface area contributed by atoms with Crippen LogP contribution in [0.25, 0.3) is 9.75 Å². The van der Waals surface area contributed by atoms with Gasteiger partial charge >= 0.3 is 0 Å². The lowest BCUT2D eigenvalue weighted by atomic mass is 9.95. The first kappa shape index (κ1) is 16.1. The number of nitrogens with one attached hydrogen (secondary N) is 2. The summed E-state index contributed by atoms with van der Waals surface area (Å²) in [6.45, 7) is 10.4. The van der Waals surface area contributed by atoms with E-state index in [4.69, 9.17) is 10.8 Å². The smallest absolute Gasteiger partial charge is 0.0598 e. The maximum atomic E-state index is 7.97. The minimum atomic E-state index is 0.00305. The van der Waals surface area contributed by atoms with Gasteiger partial charge in [0, 0.05) is 31.1 Å². The minimum absolute atomic E-state index is 0.00305. The molecule has 2 rings (SSSR count). The van der Waals surface area contributed by atoms with Crippen LogP contribution in [0.3, 0.4) is 0 Å².